The van der Waals surface area contributed by atoms with Crippen molar-refractivity contribution in [2.75, 3.05) is 0 Å². The number of hydrogen-bond donors (Lipinski definition) is 3. The lowest BCUT2D eigenvalue weighted by molar-refractivity contribution is -0.138. The predicted molar refractivity (Wildman–Crippen MR) is 100.0 cm³/mol. The Bertz CT molecular complexity index is 1180. The van der Waals surface area contributed by atoms with E-state index >= 15 is 0 Å². The maximum absolute atomic E-state index is 13.5. The molecule has 0 amide bonds. The van der Waals surface area contributed by atoms with Gasteiger partial charge in [-0.15, -0.1) is 12.4 Å². The molecule has 150 valence electrons. The normalized spacial score (nSPS) is 12.0. The van der Waals surface area contributed by atoms with Gasteiger partial charge in [-0.3, -0.25) is 4.79 Å². The van der Waals surface area contributed by atoms with E-state index in [1.165, 1.54) is 12.1 Å². The maximum Gasteiger partial charge on any atom is 0.416 e. The van der Waals surface area contributed by atoms with Gasteiger partial charge in [0, 0.05) is 17.5 Å². The SMILES string of the molecule is Cl.NS(=O)(=O)NCc1ccc(-c2n[nH]c(=O)c3ccccc23)cc1C(F)(F)F. The number of benzene rings is 2. The van der Waals surface area contributed by atoms with E-state index in [0.717, 1.165) is 12.1 Å². The van der Waals surface area contributed by atoms with E-state index in [2.05, 4.69) is 10.2 Å². The molecule has 7 nitrogen and oxygen atoms in total. The Kier molecular flexibility index (Phi) is 6.14. The van der Waals surface area contributed by atoms with Crippen molar-refractivity contribution in [1.29, 1.82) is 0 Å². The van der Waals surface area contributed by atoms with Gasteiger partial charge < -0.3 is 0 Å². The van der Waals surface area contributed by atoms with Crippen LogP contribution in [0.15, 0.2) is 47.3 Å². The fourth-order valence-electron chi connectivity index (χ4n) is 2.65. The van der Waals surface area contributed by atoms with Gasteiger partial charge >= 0.3 is 6.18 Å². The molecule has 1 aromatic heterocycles. The molecule has 0 aliphatic carbocycles. The van der Waals surface area contributed by atoms with Crippen LogP contribution in [-0.4, -0.2) is 18.6 Å². The second kappa shape index (κ2) is 7.87. The van der Waals surface area contributed by atoms with Crippen molar-refractivity contribution in [3.8, 4) is 11.3 Å². The Balaban J connectivity index is 0.00000280. The molecule has 2 aromatic carbocycles. The number of nitrogens with two attached hydrogens (primary N) is 1. The van der Waals surface area contributed by atoms with E-state index in [-0.39, 0.29) is 34.6 Å². The molecule has 0 saturated carbocycles. The fraction of sp³-hybridized carbons (Fsp3) is 0.125. The average molecular weight is 435 g/mol. The second-order valence-corrected chi connectivity index (χ2v) is 7.06. The fourth-order valence-corrected chi connectivity index (χ4v) is 3.01. The van der Waals surface area contributed by atoms with Gasteiger partial charge in [0.2, 0.25) is 0 Å². The number of nitrogens with zero attached hydrogens (tertiary/aromatic N) is 1. The molecular weight excluding hydrogens is 421 g/mol. The first kappa shape index (κ1) is 21.8. The number of halogens is 4. The lowest BCUT2D eigenvalue weighted by Crippen LogP contribution is -2.31. The third kappa shape index (κ3) is 4.68. The van der Waals surface area contributed by atoms with Crippen LogP contribution in [-0.2, 0) is 22.9 Å². The number of aromatic amines is 1. The minimum atomic E-state index is -4.73. The van der Waals surface area contributed by atoms with E-state index in [1.54, 1.807) is 18.2 Å². The summed E-state index contributed by atoms with van der Waals surface area (Å²) in [7, 11) is -4.15. The van der Waals surface area contributed by atoms with E-state index in [9.17, 15) is 26.4 Å². The van der Waals surface area contributed by atoms with Crippen molar-refractivity contribution in [3.05, 3.63) is 63.9 Å². The van der Waals surface area contributed by atoms with E-state index in [0.29, 0.717) is 5.39 Å². The highest BCUT2D eigenvalue weighted by Gasteiger charge is 2.34. The highest BCUT2D eigenvalue weighted by Crippen LogP contribution is 2.35. The maximum atomic E-state index is 13.5. The zero-order valence-corrected chi connectivity index (χ0v) is 15.6. The monoisotopic (exact) mass is 434 g/mol. The second-order valence-electron chi connectivity index (χ2n) is 5.68. The minimum Gasteiger partial charge on any atom is -0.267 e. The quantitative estimate of drug-likeness (QED) is 0.584. The number of alkyl halides is 3. The molecule has 0 aliphatic heterocycles. The summed E-state index contributed by atoms with van der Waals surface area (Å²) in [6, 6.07) is 9.74. The van der Waals surface area contributed by atoms with Crippen LogP contribution < -0.4 is 15.4 Å². The van der Waals surface area contributed by atoms with Crippen molar-refractivity contribution < 1.29 is 21.6 Å². The molecular formula is C16H14ClF3N4O3S. The lowest BCUT2D eigenvalue weighted by Gasteiger charge is -2.15. The molecule has 0 radical (unpaired) electrons. The molecule has 0 atom stereocenters. The molecule has 12 heteroatoms. The van der Waals surface area contributed by atoms with Crippen LogP contribution in [0.4, 0.5) is 13.2 Å². The standard InChI is InChI=1S/C16H13F3N4O3S.ClH/c17-16(18,19)13-7-9(5-6-10(13)8-21-27(20,25)26)14-11-3-1-2-4-12(11)15(24)23-22-14;/h1-7,21H,8H2,(H,23,24)(H2,20,25,26);1H. The smallest absolute Gasteiger partial charge is 0.267 e. The molecule has 3 aromatic rings. The van der Waals surface area contributed by atoms with Crippen molar-refractivity contribution in [1.82, 2.24) is 14.9 Å². The molecule has 0 spiro atoms. The summed E-state index contributed by atoms with van der Waals surface area (Å²) < 4.78 is 64.1. The molecule has 0 bridgehead atoms. The molecule has 1 heterocycles. The van der Waals surface area contributed by atoms with Gasteiger partial charge in [-0.05, 0) is 17.7 Å². The summed E-state index contributed by atoms with van der Waals surface area (Å²) in [5, 5.41) is 11.6. The van der Waals surface area contributed by atoms with Crippen molar-refractivity contribution in [2.45, 2.75) is 12.7 Å². The Morgan fingerprint density at radius 1 is 1.11 bits per heavy atom. The van der Waals surface area contributed by atoms with Gasteiger partial charge in [0.15, 0.2) is 0 Å². The third-order valence-electron chi connectivity index (χ3n) is 3.85. The zero-order chi connectivity index (χ0) is 19.8. The number of aromatic nitrogens is 2. The molecule has 0 unspecified atom stereocenters. The minimum absolute atomic E-state index is 0. The lowest BCUT2D eigenvalue weighted by atomic mass is 9.99. The first-order valence-electron chi connectivity index (χ1n) is 7.51. The summed E-state index contributed by atoms with van der Waals surface area (Å²) in [6.45, 7) is -0.617. The van der Waals surface area contributed by atoms with Gasteiger partial charge in [-0.25, -0.2) is 10.2 Å². The largest absolute Gasteiger partial charge is 0.416 e. The van der Waals surface area contributed by atoms with Gasteiger partial charge in [0.1, 0.15) is 0 Å². The van der Waals surface area contributed by atoms with Crippen LogP contribution in [0.25, 0.3) is 22.0 Å². The Morgan fingerprint density at radius 3 is 2.36 bits per heavy atom. The Morgan fingerprint density at radius 2 is 1.75 bits per heavy atom. The summed E-state index contributed by atoms with van der Waals surface area (Å²) in [6.07, 6.45) is -4.73. The molecule has 3 rings (SSSR count). The number of hydrogen-bond acceptors (Lipinski definition) is 4. The highest BCUT2D eigenvalue weighted by atomic mass is 35.5. The molecule has 4 N–H and O–H groups in total. The van der Waals surface area contributed by atoms with Gasteiger partial charge in [-0.1, -0.05) is 30.3 Å². The first-order chi connectivity index (χ1) is 12.6. The van der Waals surface area contributed by atoms with Gasteiger partial charge in [-0.2, -0.15) is 31.4 Å². The van der Waals surface area contributed by atoms with Gasteiger partial charge in [0.05, 0.1) is 16.6 Å². The molecule has 28 heavy (non-hydrogen) atoms. The zero-order valence-electron chi connectivity index (χ0n) is 13.9. The highest BCUT2D eigenvalue weighted by molar-refractivity contribution is 7.87. The number of rotatable bonds is 4. The number of H-pyrrole nitrogens is 1. The summed E-state index contributed by atoms with van der Waals surface area (Å²) >= 11 is 0. The first-order valence-corrected chi connectivity index (χ1v) is 9.06. The molecule has 0 fully saturated rings. The van der Waals surface area contributed by atoms with Crippen LogP contribution in [0.1, 0.15) is 11.1 Å². The van der Waals surface area contributed by atoms with Crippen LogP contribution >= 0.6 is 12.4 Å². The predicted octanol–water partition coefficient (Wildman–Crippen LogP) is 2.32. The Hall–Kier alpha value is -2.47. The topological polar surface area (TPSA) is 118 Å². The van der Waals surface area contributed by atoms with Gasteiger partial charge in [0.25, 0.3) is 15.8 Å². The third-order valence-corrected chi connectivity index (χ3v) is 4.40. The molecule has 0 aliphatic rings. The van der Waals surface area contributed by atoms with Crippen molar-refractivity contribution in [2.24, 2.45) is 5.14 Å². The summed E-state index contributed by atoms with van der Waals surface area (Å²) in [5.41, 5.74) is -1.50. The summed E-state index contributed by atoms with van der Waals surface area (Å²) in [5.74, 6) is 0. The van der Waals surface area contributed by atoms with Crippen molar-refractivity contribution in [3.63, 3.8) is 0 Å². The van der Waals surface area contributed by atoms with Crippen molar-refractivity contribution >= 4 is 33.4 Å². The Labute approximate surface area is 163 Å². The van der Waals surface area contributed by atoms with Crippen LogP contribution in [0.5, 0.6) is 0 Å². The number of fused-ring (bicyclic) bond motifs is 1. The van der Waals surface area contributed by atoms with Crippen LogP contribution in [0.2, 0.25) is 0 Å². The van der Waals surface area contributed by atoms with Crippen LogP contribution in [0.3, 0.4) is 0 Å². The number of nitrogens with one attached hydrogen (secondary N) is 2. The van der Waals surface area contributed by atoms with E-state index in [1.807, 2.05) is 4.72 Å². The van der Waals surface area contributed by atoms with E-state index in [4.69, 9.17) is 5.14 Å². The summed E-state index contributed by atoms with van der Waals surface area (Å²) in [4.78, 5) is 11.8. The average Bonchev–Trinajstić information content (AvgIpc) is 2.59. The molecule has 0 saturated heterocycles. The van der Waals surface area contributed by atoms with E-state index < -0.39 is 34.1 Å². The van der Waals surface area contributed by atoms with Crippen LogP contribution in [0, 0.1) is 0 Å².